The number of sulfonamides is 1. The van der Waals surface area contributed by atoms with E-state index in [4.69, 9.17) is 4.74 Å². The van der Waals surface area contributed by atoms with Gasteiger partial charge in [-0.3, -0.25) is 9.59 Å². The number of ether oxygens (including phenoxy) is 1. The van der Waals surface area contributed by atoms with E-state index in [2.05, 4.69) is 20.7 Å². The fraction of sp³-hybridized carbons (Fsp3) is 0.647. The van der Waals surface area contributed by atoms with Gasteiger partial charge in [-0.2, -0.15) is 0 Å². The number of halogens is 1. The first-order chi connectivity index (χ1) is 11.5. The van der Waals surface area contributed by atoms with Gasteiger partial charge in [0.05, 0.1) is 17.2 Å². The molecule has 148 valence electrons. The van der Waals surface area contributed by atoms with Crippen LogP contribution in [0.1, 0.15) is 59.6 Å². The van der Waals surface area contributed by atoms with Crippen LogP contribution in [0.2, 0.25) is 0 Å². The predicted octanol–water partition coefficient (Wildman–Crippen LogP) is 2.64. The van der Waals surface area contributed by atoms with Gasteiger partial charge in [-0.1, -0.05) is 0 Å². The average molecular weight is 451 g/mol. The van der Waals surface area contributed by atoms with E-state index in [0.29, 0.717) is 10.0 Å². The van der Waals surface area contributed by atoms with Crippen LogP contribution in [0.3, 0.4) is 0 Å². The van der Waals surface area contributed by atoms with Crippen molar-refractivity contribution < 1.29 is 17.9 Å². The zero-order valence-electron chi connectivity index (χ0n) is 16.2. The van der Waals surface area contributed by atoms with Crippen LogP contribution in [0.15, 0.2) is 21.5 Å². The zero-order valence-corrected chi connectivity index (χ0v) is 18.6. The third-order valence-corrected chi connectivity index (χ3v) is 6.35. The SMILES string of the molecule is Cn1cc(Br)c(C(CC(=O)OC(C)(C)C)NS(=O)(=O)C(C)(C)C)cc1=O. The molecule has 0 spiro atoms. The summed E-state index contributed by atoms with van der Waals surface area (Å²) >= 11 is 3.34. The normalized spacial score (nSPS) is 14.2. The number of hydrogen-bond donors (Lipinski definition) is 1. The van der Waals surface area contributed by atoms with Gasteiger partial charge in [0.1, 0.15) is 5.60 Å². The highest BCUT2D eigenvalue weighted by Gasteiger charge is 2.34. The third-order valence-electron chi connectivity index (χ3n) is 3.48. The van der Waals surface area contributed by atoms with Crippen molar-refractivity contribution in [1.29, 1.82) is 0 Å². The minimum absolute atomic E-state index is 0.238. The van der Waals surface area contributed by atoms with Crippen molar-refractivity contribution in [2.24, 2.45) is 7.05 Å². The largest absolute Gasteiger partial charge is 0.460 e. The summed E-state index contributed by atoms with van der Waals surface area (Å²) in [4.78, 5) is 24.3. The monoisotopic (exact) mass is 450 g/mol. The number of carbonyl (C=O) groups excluding carboxylic acids is 1. The minimum Gasteiger partial charge on any atom is -0.460 e. The molecule has 1 unspecified atom stereocenters. The highest BCUT2D eigenvalue weighted by atomic mass is 79.9. The molecule has 0 aliphatic carbocycles. The van der Waals surface area contributed by atoms with E-state index >= 15 is 0 Å². The molecule has 0 aliphatic rings. The molecule has 7 nitrogen and oxygen atoms in total. The average Bonchev–Trinajstić information content (AvgIpc) is 2.38. The van der Waals surface area contributed by atoms with Gasteiger partial charge >= 0.3 is 5.97 Å². The molecular formula is C17H27BrN2O5S. The molecule has 1 N–H and O–H groups in total. The van der Waals surface area contributed by atoms with Crippen molar-refractivity contribution in [2.45, 2.75) is 64.4 Å². The molecule has 1 heterocycles. The number of nitrogens with one attached hydrogen (secondary N) is 1. The molecule has 1 atom stereocenters. The van der Waals surface area contributed by atoms with Crippen molar-refractivity contribution in [3.8, 4) is 0 Å². The van der Waals surface area contributed by atoms with Crippen LogP contribution in [0.5, 0.6) is 0 Å². The molecule has 0 amide bonds. The first-order valence-electron chi connectivity index (χ1n) is 8.13. The summed E-state index contributed by atoms with van der Waals surface area (Å²) in [5.41, 5.74) is -0.631. The Bertz CT molecular complexity index is 832. The number of carbonyl (C=O) groups is 1. The quantitative estimate of drug-likeness (QED) is 0.695. The Hall–Kier alpha value is -1.19. The van der Waals surface area contributed by atoms with E-state index in [9.17, 15) is 18.0 Å². The van der Waals surface area contributed by atoms with Crippen molar-refractivity contribution >= 4 is 31.9 Å². The number of aromatic nitrogens is 1. The number of rotatable bonds is 5. The van der Waals surface area contributed by atoms with Crippen LogP contribution < -0.4 is 10.3 Å². The van der Waals surface area contributed by atoms with E-state index in [0.717, 1.165) is 0 Å². The molecule has 0 saturated carbocycles. The minimum atomic E-state index is -3.76. The van der Waals surface area contributed by atoms with Gasteiger partial charge in [-0.15, -0.1) is 0 Å². The Balaban J connectivity index is 3.33. The molecule has 0 fully saturated rings. The Morgan fingerprint density at radius 3 is 2.27 bits per heavy atom. The highest BCUT2D eigenvalue weighted by molar-refractivity contribution is 9.10. The second-order valence-electron chi connectivity index (χ2n) is 8.10. The molecule has 1 rings (SSSR count). The van der Waals surface area contributed by atoms with Gasteiger partial charge in [0, 0.05) is 23.8 Å². The summed E-state index contributed by atoms with van der Waals surface area (Å²) in [7, 11) is -2.18. The predicted molar refractivity (Wildman–Crippen MR) is 104 cm³/mol. The first-order valence-corrected chi connectivity index (χ1v) is 10.4. The van der Waals surface area contributed by atoms with E-state index in [1.807, 2.05) is 0 Å². The van der Waals surface area contributed by atoms with Gasteiger partial charge in [0.15, 0.2) is 0 Å². The fourth-order valence-corrected chi connectivity index (χ4v) is 3.64. The standard InChI is InChI=1S/C17H27BrN2O5S/c1-16(2,3)25-15(22)9-13(19-26(23,24)17(4,5)6)11-8-14(21)20(7)10-12(11)18/h8,10,13,19H,9H2,1-7H3. The van der Waals surface area contributed by atoms with E-state index < -0.39 is 32.4 Å². The van der Waals surface area contributed by atoms with Crippen molar-refractivity contribution in [3.63, 3.8) is 0 Å². The molecule has 0 aliphatic heterocycles. The summed E-state index contributed by atoms with van der Waals surface area (Å²) in [6.45, 7) is 9.85. The van der Waals surface area contributed by atoms with Crippen LogP contribution in [0, 0.1) is 0 Å². The summed E-state index contributed by atoms with van der Waals surface area (Å²) < 4.78 is 33.9. The fourth-order valence-electron chi connectivity index (χ4n) is 2.01. The maximum Gasteiger partial charge on any atom is 0.308 e. The maximum atomic E-state index is 12.6. The molecule has 0 saturated heterocycles. The van der Waals surface area contributed by atoms with Crippen LogP contribution in [-0.4, -0.2) is 29.3 Å². The van der Waals surface area contributed by atoms with E-state index in [1.165, 1.54) is 16.8 Å². The van der Waals surface area contributed by atoms with Crippen molar-refractivity contribution in [1.82, 2.24) is 9.29 Å². The smallest absolute Gasteiger partial charge is 0.308 e. The summed E-state index contributed by atoms with van der Waals surface area (Å²) in [6, 6.07) is 0.377. The van der Waals surface area contributed by atoms with E-state index in [-0.39, 0.29) is 12.0 Å². The van der Waals surface area contributed by atoms with Gasteiger partial charge in [-0.05, 0) is 63.0 Å². The van der Waals surface area contributed by atoms with Crippen LogP contribution in [0.4, 0.5) is 0 Å². The van der Waals surface area contributed by atoms with Gasteiger partial charge in [-0.25, -0.2) is 13.1 Å². The maximum absolute atomic E-state index is 12.6. The van der Waals surface area contributed by atoms with Crippen molar-refractivity contribution in [2.75, 3.05) is 0 Å². The Kier molecular flexibility index (Phi) is 6.87. The van der Waals surface area contributed by atoms with Crippen molar-refractivity contribution in [3.05, 3.63) is 32.7 Å². The number of hydrogen-bond acceptors (Lipinski definition) is 5. The van der Waals surface area contributed by atoms with Crippen LogP contribution in [-0.2, 0) is 26.6 Å². The zero-order chi connectivity index (χ0) is 20.5. The van der Waals surface area contributed by atoms with Crippen LogP contribution in [0.25, 0.3) is 0 Å². The van der Waals surface area contributed by atoms with Gasteiger partial charge in [0.25, 0.3) is 5.56 Å². The second kappa shape index (κ2) is 7.82. The number of pyridine rings is 1. The number of aryl methyl sites for hydroxylation is 1. The molecular weight excluding hydrogens is 424 g/mol. The molecule has 26 heavy (non-hydrogen) atoms. The van der Waals surface area contributed by atoms with Crippen LogP contribution >= 0.6 is 15.9 Å². The van der Waals surface area contributed by atoms with Gasteiger partial charge in [0.2, 0.25) is 10.0 Å². The Morgan fingerprint density at radius 2 is 1.81 bits per heavy atom. The van der Waals surface area contributed by atoms with Gasteiger partial charge < -0.3 is 9.30 Å². The number of esters is 1. The Labute approximate surface area is 163 Å². The lowest BCUT2D eigenvalue weighted by atomic mass is 10.1. The van der Waals surface area contributed by atoms with E-state index in [1.54, 1.807) is 48.6 Å². The summed E-state index contributed by atoms with van der Waals surface area (Å²) in [5, 5.41) is 0. The lowest BCUT2D eigenvalue weighted by molar-refractivity contribution is -0.155. The third kappa shape index (κ3) is 6.21. The molecule has 0 radical (unpaired) electrons. The lowest BCUT2D eigenvalue weighted by Gasteiger charge is -2.27. The Morgan fingerprint density at radius 1 is 1.27 bits per heavy atom. The molecule has 1 aromatic heterocycles. The molecule has 0 bridgehead atoms. The summed E-state index contributed by atoms with van der Waals surface area (Å²) in [5.74, 6) is -0.563. The molecule has 9 heteroatoms. The first kappa shape index (κ1) is 22.9. The molecule has 0 aromatic carbocycles. The highest BCUT2D eigenvalue weighted by Crippen LogP contribution is 2.28. The summed E-state index contributed by atoms with van der Waals surface area (Å²) in [6.07, 6.45) is 1.30. The number of nitrogens with zero attached hydrogens (tertiary/aromatic N) is 1. The second-order valence-corrected chi connectivity index (χ2v) is 11.4. The molecule has 1 aromatic rings. The lowest BCUT2D eigenvalue weighted by Crippen LogP contribution is -2.42. The topological polar surface area (TPSA) is 94.5 Å².